The molecule has 0 fully saturated rings. The molecule has 0 unspecified atom stereocenters. The Balaban J connectivity index is 1.54. The van der Waals surface area contributed by atoms with Gasteiger partial charge in [-0.25, -0.2) is 4.98 Å². The van der Waals surface area contributed by atoms with Crippen LogP contribution in [0.15, 0.2) is 41.5 Å². The van der Waals surface area contributed by atoms with Gasteiger partial charge in [0.15, 0.2) is 0 Å². The molecule has 2 aromatic heterocycles. The zero-order chi connectivity index (χ0) is 20.2. The van der Waals surface area contributed by atoms with Crippen LogP contribution in [0.25, 0.3) is 10.2 Å². The molecular weight excluding hydrogens is 382 g/mol. The van der Waals surface area contributed by atoms with Gasteiger partial charge in [0.2, 0.25) is 5.91 Å². The predicted molar refractivity (Wildman–Crippen MR) is 119 cm³/mol. The molecule has 0 N–H and O–H groups in total. The number of hydrogen-bond donors (Lipinski definition) is 0. The van der Waals surface area contributed by atoms with Crippen LogP contribution in [0.4, 0.5) is 5.69 Å². The molecule has 0 radical (unpaired) electrons. The molecule has 0 bridgehead atoms. The summed E-state index contributed by atoms with van der Waals surface area (Å²) in [5.41, 5.74) is 2.11. The number of fused-ring (bicyclic) bond motifs is 3. The molecule has 0 spiro atoms. The minimum Gasteiger partial charge on any atom is -0.312 e. The number of anilines is 1. The average molecular weight is 410 g/mol. The van der Waals surface area contributed by atoms with E-state index in [9.17, 15) is 9.59 Å². The quantitative estimate of drug-likeness (QED) is 0.575. The van der Waals surface area contributed by atoms with Crippen LogP contribution < -0.4 is 10.5 Å². The second-order valence-corrected chi connectivity index (χ2v) is 8.70. The maximum absolute atomic E-state index is 13.1. The first-order chi connectivity index (χ1) is 14.2. The Kier molecular flexibility index (Phi) is 6.09. The number of aromatic nitrogens is 2. The maximum Gasteiger partial charge on any atom is 0.262 e. The fourth-order valence-corrected chi connectivity index (χ4v) is 5.23. The highest BCUT2D eigenvalue weighted by molar-refractivity contribution is 7.18. The summed E-state index contributed by atoms with van der Waals surface area (Å²) in [4.78, 5) is 34.6. The van der Waals surface area contributed by atoms with Crippen molar-refractivity contribution in [2.45, 2.75) is 58.4 Å². The van der Waals surface area contributed by atoms with Gasteiger partial charge in [-0.1, -0.05) is 31.5 Å². The number of rotatable bonds is 7. The zero-order valence-electron chi connectivity index (χ0n) is 16.9. The van der Waals surface area contributed by atoms with Gasteiger partial charge in [-0.3, -0.25) is 14.2 Å². The molecule has 4 rings (SSSR count). The number of hydrogen-bond acceptors (Lipinski definition) is 4. The van der Waals surface area contributed by atoms with Crippen LogP contribution in [-0.2, 0) is 24.2 Å². The second-order valence-electron chi connectivity index (χ2n) is 7.62. The summed E-state index contributed by atoms with van der Waals surface area (Å²) in [7, 11) is 0. The molecule has 152 valence electrons. The van der Waals surface area contributed by atoms with Crippen LogP contribution in [0, 0.1) is 0 Å². The molecule has 1 aliphatic rings. The Morgan fingerprint density at radius 3 is 2.79 bits per heavy atom. The van der Waals surface area contributed by atoms with Crippen molar-refractivity contribution in [3.05, 3.63) is 57.5 Å². The smallest absolute Gasteiger partial charge is 0.262 e. The van der Waals surface area contributed by atoms with Crippen molar-refractivity contribution >= 4 is 33.1 Å². The highest BCUT2D eigenvalue weighted by Crippen LogP contribution is 2.33. The number of carbonyl (C=O) groups excluding carboxylic acids is 1. The van der Waals surface area contributed by atoms with E-state index < -0.39 is 0 Å². The molecule has 29 heavy (non-hydrogen) atoms. The molecule has 0 atom stereocenters. The van der Waals surface area contributed by atoms with Gasteiger partial charge in [0, 0.05) is 30.1 Å². The van der Waals surface area contributed by atoms with Crippen molar-refractivity contribution in [2.24, 2.45) is 0 Å². The van der Waals surface area contributed by atoms with E-state index in [0.29, 0.717) is 13.1 Å². The highest BCUT2D eigenvalue weighted by atomic mass is 32.1. The van der Waals surface area contributed by atoms with Gasteiger partial charge in [-0.15, -0.1) is 11.3 Å². The van der Waals surface area contributed by atoms with Crippen molar-refractivity contribution in [3.8, 4) is 0 Å². The molecule has 6 heteroatoms. The van der Waals surface area contributed by atoms with E-state index in [1.165, 1.54) is 16.9 Å². The molecular formula is C23H27N3O2S. The minimum atomic E-state index is 0.00187. The SMILES string of the molecule is CCCCN(C(=O)CCn1cnc2sc3c(c2c1=O)CCCC3)c1ccccc1. The Bertz CT molecular complexity index is 1060. The van der Waals surface area contributed by atoms with Crippen molar-refractivity contribution in [1.82, 2.24) is 9.55 Å². The number of para-hydroxylation sites is 1. The maximum atomic E-state index is 13.1. The van der Waals surface area contributed by atoms with Crippen LogP contribution in [0.2, 0.25) is 0 Å². The van der Waals surface area contributed by atoms with Crippen LogP contribution in [0.3, 0.4) is 0 Å². The lowest BCUT2D eigenvalue weighted by Gasteiger charge is -2.23. The van der Waals surface area contributed by atoms with Gasteiger partial charge in [0.05, 0.1) is 11.7 Å². The lowest BCUT2D eigenvalue weighted by molar-refractivity contribution is -0.118. The van der Waals surface area contributed by atoms with Crippen LogP contribution in [0.1, 0.15) is 49.5 Å². The summed E-state index contributed by atoms with van der Waals surface area (Å²) in [6.07, 6.45) is 8.22. The Morgan fingerprint density at radius 1 is 1.21 bits per heavy atom. The number of thiophene rings is 1. The van der Waals surface area contributed by atoms with Crippen molar-refractivity contribution in [2.75, 3.05) is 11.4 Å². The number of carbonyl (C=O) groups is 1. The minimum absolute atomic E-state index is 0.00187. The first-order valence-electron chi connectivity index (χ1n) is 10.5. The second kappa shape index (κ2) is 8.91. The van der Waals surface area contributed by atoms with Crippen molar-refractivity contribution < 1.29 is 4.79 Å². The largest absolute Gasteiger partial charge is 0.312 e. The van der Waals surface area contributed by atoms with E-state index in [2.05, 4.69) is 11.9 Å². The summed E-state index contributed by atoms with van der Waals surface area (Å²) >= 11 is 1.66. The van der Waals surface area contributed by atoms with Gasteiger partial charge in [-0.2, -0.15) is 0 Å². The number of nitrogens with zero attached hydrogens (tertiary/aromatic N) is 3. The third-order valence-corrected chi connectivity index (χ3v) is 6.81. The van der Waals surface area contributed by atoms with Gasteiger partial charge in [0.25, 0.3) is 5.56 Å². The van der Waals surface area contributed by atoms with E-state index in [1.807, 2.05) is 35.2 Å². The van der Waals surface area contributed by atoms with Crippen molar-refractivity contribution in [3.63, 3.8) is 0 Å². The molecule has 1 aliphatic carbocycles. The fourth-order valence-electron chi connectivity index (χ4n) is 4.01. The van der Waals surface area contributed by atoms with Crippen LogP contribution >= 0.6 is 11.3 Å². The summed E-state index contributed by atoms with van der Waals surface area (Å²) in [6, 6.07) is 9.77. The van der Waals surface area contributed by atoms with E-state index >= 15 is 0 Å². The first-order valence-corrected chi connectivity index (χ1v) is 11.4. The highest BCUT2D eigenvalue weighted by Gasteiger charge is 2.21. The van der Waals surface area contributed by atoms with E-state index in [-0.39, 0.29) is 17.9 Å². The molecule has 1 amide bonds. The molecule has 0 saturated carbocycles. The van der Waals surface area contributed by atoms with Crippen LogP contribution in [0.5, 0.6) is 0 Å². The third kappa shape index (κ3) is 4.13. The standard InChI is InChI=1S/C23H27N3O2S/c1-2-3-14-26(17-9-5-4-6-10-17)20(27)13-15-25-16-24-22-21(23(25)28)18-11-7-8-12-19(18)29-22/h4-6,9-10,16H,2-3,7-8,11-15H2,1H3. The van der Waals surface area contributed by atoms with Crippen molar-refractivity contribution in [1.29, 1.82) is 0 Å². The van der Waals surface area contributed by atoms with Crippen LogP contribution in [-0.4, -0.2) is 22.0 Å². The molecule has 3 aromatic rings. The zero-order valence-corrected chi connectivity index (χ0v) is 17.7. The number of unbranched alkanes of at least 4 members (excludes halogenated alkanes) is 1. The van der Waals surface area contributed by atoms with Gasteiger partial charge in [-0.05, 0) is 49.8 Å². The Labute approximate surface area is 175 Å². The van der Waals surface area contributed by atoms with E-state index in [4.69, 9.17) is 0 Å². The summed E-state index contributed by atoms with van der Waals surface area (Å²) in [5.74, 6) is 0.0454. The first kappa shape index (κ1) is 19.8. The van der Waals surface area contributed by atoms with E-state index in [0.717, 1.165) is 48.0 Å². The summed E-state index contributed by atoms with van der Waals surface area (Å²) < 4.78 is 1.62. The number of amides is 1. The number of aryl methyl sites for hydroxylation is 3. The molecule has 0 saturated heterocycles. The normalized spacial score (nSPS) is 13.4. The van der Waals surface area contributed by atoms with Gasteiger partial charge in [0.1, 0.15) is 4.83 Å². The summed E-state index contributed by atoms with van der Waals surface area (Å²) in [6.45, 7) is 3.18. The van der Waals surface area contributed by atoms with Gasteiger partial charge >= 0.3 is 0 Å². The molecule has 2 heterocycles. The fraction of sp³-hybridized carbons (Fsp3) is 0.435. The number of benzene rings is 1. The average Bonchev–Trinajstić information content (AvgIpc) is 3.13. The van der Waals surface area contributed by atoms with E-state index in [1.54, 1.807) is 22.2 Å². The Morgan fingerprint density at radius 2 is 2.00 bits per heavy atom. The molecule has 1 aromatic carbocycles. The third-order valence-electron chi connectivity index (χ3n) is 5.61. The van der Waals surface area contributed by atoms with Gasteiger partial charge < -0.3 is 4.90 Å². The molecule has 5 nitrogen and oxygen atoms in total. The lowest BCUT2D eigenvalue weighted by Crippen LogP contribution is -2.33. The lowest BCUT2D eigenvalue weighted by atomic mass is 9.97. The monoisotopic (exact) mass is 409 g/mol. The Hall–Kier alpha value is -2.47. The summed E-state index contributed by atoms with van der Waals surface area (Å²) in [5, 5.41) is 0.783. The molecule has 0 aliphatic heterocycles. The predicted octanol–water partition coefficient (Wildman–Crippen LogP) is 4.56. The topological polar surface area (TPSA) is 55.2 Å².